The topological polar surface area (TPSA) is 50.8 Å². The molecule has 1 atom stereocenters. The molecular formula is C12H20N2O3. The zero-order chi connectivity index (χ0) is 12.3. The number of carbonyl (C=O) groups excluding carboxylic acids is 1. The lowest BCUT2D eigenvalue weighted by Gasteiger charge is -2.28. The van der Waals surface area contributed by atoms with Gasteiger partial charge in [0.2, 0.25) is 0 Å². The molecule has 1 heterocycles. The summed E-state index contributed by atoms with van der Waals surface area (Å²) < 4.78 is 10.7. The fourth-order valence-corrected chi connectivity index (χ4v) is 1.80. The second-order valence-corrected chi connectivity index (χ2v) is 4.65. The summed E-state index contributed by atoms with van der Waals surface area (Å²) in [5.41, 5.74) is 0. The molecule has 0 radical (unpaired) electrons. The molecule has 1 amide bonds. The van der Waals surface area contributed by atoms with E-state index in [-0.39, 0.29) is 12.0 Å². The predicted molar refractivity (Wildman–Crippen MR) is 63.5 cm³/mol. The highest BCUT2D eigenvalue weighted by Gasteiger charge is 2.26. The number of hydrogen-bond acceptors (Lipinski definition) is 4. The molecule has 1 N–H and O–H groups in total. The fraction of sp³-hybridized carbons (Fsp3) is 0.750. The van der Waals surface area contributed by atoms with Crippen molar-refractivity contribution in [2.75, 3.05) is 33.9 Å². The molecule has 17 heavy (non-hydrogen) atoms. The Kier molecular flexibility index (Phi) is 4.02. The van der Waals surface area contributed by atoms with Crippen LogP contribution in [0.15, 0.2) is 11.8 Å². The van der Waals surface area contributed by atoms with E-state index in [0.717, 1.165) is 25.9 Å². The lowest BCUT2D eigenvalue weighted by Crippen LogP contribution is -2.39. The Balaban J connectivity index is 1.92. The van der Waals surface area contributed by atoms with Crippen molar-refractivity contribution in [3.8, 4) is 0 Å². The lowest BCUT2D eigenvalue weighted by atomic mass is 10.2. The molecule has 0 aromatic carbocycles. The molecule has 1 saturated heterocycles. The first-order valence-electron chi connectivity index (χ1n) is 6.06. The fourth-order valence-electron chi connectivity index (χ4n) is 1.80. The SMILES string of the molecule is CO/C(=C/C1CN(C)CCO1)C(=O)NC1CC1. The zero-order valence-electron chi connectivity index (χ0n) is 10.4. The van der Waals surface area contributed by atoms with Crippen LogP contribution in [-0.2, 0) is 14.3 Å². The predicted octanol–water partition coefficient (Wildman–Crippen LogP) is 0.126. The molecule has 2 aliphatic rings. The Morgan fingerprint density at radius 3 is 2.88 bits per heavy atom. The standard InChI is InChI=1S/C12H20N2O3/c1-14-5-6-17-10(8-14)7-11(16-2)12(15)13-9-3-4-9/h7,9-10H,3-6,8H2,1-2H3,(H,13,15)/b11-7+. The van der Waals surface area contributed by atoms with Gasteiger partial charge in [-0.2, -0.15) is 0 Å². The molecule has 1 saturated carbocycles. The van der Waals surface area contributed by atoms with Crippen LogP contribution in [0.25, 0.3) is 0 Å². The van der Waals surface area contributed by atoms with Crippen molar-refractivity contribution in [2.45, 2.75) is 25.0 Å². The molecule has 0 bridgehead atoms. The third kappa shape index (κ3) is 3.71. The first kappa shape index (κ1) is 12.4. The summed E-state index contributed by atoms with van der Waals surface area (Å²) in [6.45, 7) is 2.42. The van der Waals surface area contributed by atoms with E-state index in [1.54, 1.807) is 6.08 Å². The minimum absolute atomic E-state index is 0.0614. The van der Waals surface area contributed by atoms with E-state index in [0.29, 0.717) is 18.4 Å². The number of methoxy groups -OCH3 is 1. The van der Waals surface area contributed by atoms with Gasteiger partial charge in [0.05, 0.1) is 19.8 Å². The monoisotopic (exact) mass is 240 g/mol. The number of nitrogens with one attached hydrogen (secondary N) is 1. The average Bonchev–Trinajstić information content (AvgIpc) is 3.09. The summed E-state index contributed by atoms with van der Waals surface area (Å²) in [5, 5.41) is 2.90. The van der Waals surface area contributed by atoms with Gasteiger partial charge in [0, 0.05) is 19.1 Å². The number of rotatable bonds is 4. The number of likely N-dealkylation sites (N-methyl/N-ethyl adjacent to an activating group) is 1. The molecule has 0 spiro atoms. The van der Waals surface area contributed by atoms with Crippen LogP contribution >= 0.6 is 0 Å². The molecule has 5 heteroatoms. The normalized spacial score (nSPS) is 26.7. The second kappa shape index (κ2) is 5.51. The van der Waals surface area contributed by atoms with Crippen molar-refractivity contribution in [1.29, 1.82) is 0 Å². The molecule has 2 fully saturated rings. The van der Waals surface area contributed by atoms with Crippen molar-refractivity contribution >= 4 is 5.91 Å². The number of ether oxygens (including phenoxy) is 2. The first-order chi connectivity index (χ1) is 8.19. The van der Waals surface area contributed by atoms with Crippen LogP contribution in [0, 0.1) is 0 Å². The Bertz CT molecular complexity index is 313. The van der Waals surface area contributed by atoms with Crippen LogP contribution in [0.2, 0.25) is 0 Å². The van der Waals surface area contributed by atoms with Gasteiger partial charge in [-0.1, -0.05) is 0 Å². The van der Waals surface area contributed by atoms with E-state index < -0.39 is 0 Å². The summed E-state index contributed by atoms with van der Waals surface area (Å²) >= 11 is 0. The maximum atomic E-state index is 11.8. The van der Waals surface area contributed by atoms with Crippen LogP contribution in [-0.4, -0.2) is 56.8 Å². The van der Waals surface area contributed by atoms with Crippen molar-refractivity contribution in [1.82, 2.24) is 10.2 Å². The summed E-state index contributed by atoms with van der Waals surface area (Å²) in [7, 11) is 3.56. The van der Waals surface area contributed by atoms with Crippen LogP contribution < -0.4 is 5.32 Å². The molecule has 1 unspecified atom stereocenters. The molecule has 0 aromatic heterocycles. The Morgan fingerprint density at radius 1 is 1.53 bits per heavy atom. The lowest BCUT2D eigenvalue weighted by molar-refractivity contribution is -0.120. The second-order valence-electron chi connectivity index (χ2n) is 4.65. The molecule has 1 aliphatic heterocycles. The van der Waals surface area contributed by atoms with Gasteiger partial charge in [-0.15, -0.1) is 0 Å². The summed E-state index contributed by atoms with van der Waals surface area (Å²) in [6, 6.07) is 0.344. The Hall–Kier alpha value is -1.07. The molecular weight excluding hydrogens is 220 g/mol. The molecule has 1 aliphatic carbocycles. The van der Waals surface area contributed by atoms with E-state index in [4.69, 9.17) is 9.47 Å². The van der Waals surface area contributed by atoms with Crippen LogP contribution in [0.4, 0.5) is 0 Å². The highest BCUT2D eigenvalue weighted by molar-refractivity contribution is 5.91. The van der Waals surface area contributed by atoms with E-state index in [1.807, 2.05) is 7.05 Å². The van der Waals surface area contributed by atoms with Gasteiger partial charge >= 0.3 is 0 Å². The number of morpholine rings is 1. The van der Waals surface area contributed by atoms with Gasteiger partial charge in [0.15, 0.2) is 5.76 Å². The van der Waals surface area contributed by atoms with Gasteiger partial charge < -0.3 is 19.7 Å². The molecule has 2 rings (SSSR count). The van der Waals surface area contributed by atoms with Gasteiger partial charge in [-0.25, -0.2) is 0 Å². The number of carbonyl (C=O) groups is 1. The van der Waals surface area contributed by atoms with Crippen LogP contribution in [0.3, 0.4) is 0 Å². The maximum Gasteiger partial charge on any atom is 0.286 e. The van der Waals surface area contributed by atoms with Crippen LogP contribution in [0.5, 0.6) is 0 Å². The largest absolute Gasteiger partial charge is 0.491 e. The van der Waals surface area contributed by atoms with E-state index >= 15 is 0 Å². The summed E-state index contributed by atoms with van der Waals surface area (Å²) in [6.07, 6.45) is 3.86. The Labute approximate surface area is 102 Å². The third-order valence-corrected chi connectivity index (χ3v) is 2.99. The number of nitrogens with zero attached hydrogens (tertiary/aromatic N) is 1. The van der Waals surface area contributed by atoms with Crippen molar-refractivity contribution < 1.29 is 14.3 Å². The smallest absolute Gasteiger partial charge is 0.286 e. The number of amides is 1. The van der Waals surface area contributed by atoms with Gasteiger partial charge in [0.25, 0.3) is 5.91 Å². The van der Waals surface area contributed by atoms with E-state index in [9.17, 15) is 4.79 Å². The molecule has 96 valence electrons. The van der Waals surface area contributed by atoms with Gasteiger partial charge in [0.1, 0.15) is 0 Å². The third-order valence-electron chi connectivity index (χ3n) is 2.99. The quantitative estimate of drug-likeness (QED) is 0.560. The minimum atomic E-state index is -0.133. The highest BCUT2D eigenvalue weighted by atomic mass is 16.5. The highest BCUT2D eigenvalue weighted by Crippen LogP contribution is 2.19. The van der Waals surface area contributed by atoms with Gasteiger partial charge in [-0.05, 0) is 26.0 Å². The summed E-state index contributed by atoms with van der Waals surface area (Å²) in [4.78, 5) is 14.0. The number of hydrogen-bond donors (Lipinski definition) is 1. The molecule has 0 aromatic rings. The van der Waals surface area contributed by atoms with Gasteiger partial charge in [-0.3, -0.25) is 4.79 Å². The van der Waals surface area contributed by atoms with E-state index in [1.165, 1.54) is 7.11 Å². The minimum Gasteiger partial charge on any atom is -0.491 e. The average molecular weight is 240 g/mol. The molecule has 5 nitrogen and oxygen atoms in total. The van der Waals surface area contributed by atoms with Crippen LogP contribution in [0.1, 0.15) is 12.8 Å². The van der Waals surface area contributed by atoms with E-state index in [2.05, 4.69) is 10.2 Å². The first-order valence-corrected chi connectivity index (χ1v) is 6.06. The summed E-state index contributed by atoms with van der Waals surface area (Å²) in [5.74, 6) is 0.226. The Morgan fingerprint density at radius 2 is 2.29 bits per heavy atom. The van der Waals surface area contributed by atoms with Crippen molar-refractivity contribution in [3.05, 3.63) is 11.8 Å². The van der Waals surface area contributed by atoms with Crippen molar-refractivity contribution in [2.24, 2.45) is 0 Å². The zero-order valence-corrected chi connectivity index (χ0v) is 10.4. The van der Waals surface area contributed by atoms with Crippen molar-refractivity contribution in [3.63, 3.8) is 0 Å². The maximum absolute atomic E-state index is 11.8.